The molecular weight excluding hydrogens is 517 g/mol. The zero-order chi connectivity index (χ0) is 26.5. The summed E-state index contributed by atoms with van der Waals surface area (Å²) >= 11 is 0. The van der Waals surface area contributed by atoms with Crippen LogP contribution in [0, 0.1) is 29.1 Å². The Bertz CT molecular complexity index is 1390. The largest absolute Gasteiger partial charge is 0.369 e. The lowest BCUT2D eigenvalue weighted by Crippen LogP contribution is -2.44. The quantitative estimate of drug-likeness (QED) is 0.260. The zero-order valence-electron chi connectivity index (χ0n) is 19.8. The monoisotopic (exact) mass is 541 g/mol. The Balaban J connectivity index is 1.38. The van der Waals surface area contributed by atoms with E-state index < -0.39 is 50.0 Å². The van der Waals surface area contributed by atoms with Gasteiger partial charge in [0.05, 0.1) is 11.9 Å². The van der Waals surface area contributed by atoms with Gasteiger partial charge in [0.25, 0.3) is 0 Å². The average molecular weight is 542 g/mol. The maximum atomic E-state index is 14.3. The Morgan fingerprint density at radius 3 is 1.97 bits per heavy atom. The minimum Gasteiger partial charge on any atom is -0.369 e. The van der Waals surface area contributed by atoms with Crippen LogP contribution in [0.25, 0.3) is 5.69 Å². The van der Waals surface area contributed by atoms with Crippen molar-refractivity contribution < 1.29 is 30.4 Å². The fourth-order valence-electron chi connectivity index (χ4n) is 4.35. The lowest BCUT2D eigenvalue weighted by molar-refractivity contribution is 0.313. The van der Waals surface area contributed by atoms with Gasteiger partial charge in [-0.15, -0.1) is 0 Å². The molecule has 1 saturated carbocycles. The number of benzene rings is 2. The fourth-order valence-corrected chi connectivity index (χ4v) is 6.13. The molecule has 0 amide bonds. The number of anilines is 1. The minimum atomic E-state index is -5.05. The lowest BCUT2D eigenvalue weighted by Gasteiger charge is -2.34. The van der Waals surface area contributed by atoms with Crippen molar-refractivity contribution in [3.63, 3.8) is 0 Å². The maximum absolute atomic E-state index is 14.3. The van der Waals surface area contributed by atoms with Crippen LogP contribution in [0.5, 0.6) is 0 Å². The summed E-state index contributed by atoms with van der Waals surface area (Å²) in [7, 11) is -2.97. The number of rotatable bonds is 7. The molecule has 0 atom stereocenters. The van der Waals surface area contributed by atoms with Crippen LogP contribution in [-0.4, -0.2) is 66.7 Å². The number of sulfonamides is 1. The van der Waals surface area contributed by atoms with E-state index in [0.717, 1.165) is 36.2 Å². The van der Waals surface area contributed by atoms with E-state index in [1.807, 2.05) is 24.3 Å². The van der Waals surface area contributed by atoms with Crippen molar-refractivity contribution in [1.29, 1.82) is 0 Å². The lowest BCUT2D eigenvalue weighted by atomic mass is 10.2. The number of piperazine rings is 1. The summed E-state index contributed by atoms with van der Waals surface area (Å²) in [4.78, 5) is 2.69. The molecule has 198 valence electrons. The molecule has 1 aromatic heterocycles. The van der Waals surface area contributed by atoms with Crippen LogP contribution in [0.3, 0.4) is 0 Å². The second-order valence-corrected chi connectivity index (χ2v) is 11.1. The molecule has 2 heterocycles. The number of halogens is 5. The van der Waals surface area contributed by atoms with Gasteiger partial charge >= 0.3 is 0 Å². The summed E-state index contributed by atoms with van der Waals surface area (Å²) in [6, 6.07) is 7.05. The molecule has 1 aliphatic carbocycles. The predicted octanol–water partition coefficient (Wildman–Crippen LogP) is 3.67. The maximum Gasteiger partial charge on any atom is 0.249 e. The number of aromatic nitrogens is 2. The van der Waals surface area contributed by atoms with Gasteiger partial charge in [-0.25, -0.2) is 35.1 Å². The fraction of sp³-hybridized carbons (Fsp3) is 0.375. The molecule has 2 fully saturated rings. The molecule has 2 aromatic carbocycles. The van der Waals surface area contributed by atoms with Gasteiger partial charge in [0.2, 0.25) is 15.8 Å². The summed E-state index contributed by atoms with van der Waals surface area (Å²) in [6.45, 7) is 3.42. The molecule has 0 bridgehead atoms. The molecule has 5 rings (SSSR count). The van der Waals surface area contributed by atoms with Gasteiger partial charge < -0.3 is 9.80 Å². The van der Waals surface area contributed by atoms with Crippen LogP contribution < -0.4 is 4.90 Å². The first-order valence-electron chi connectivity index (χ1n) is 11.7. The van der Waals surface area contributed by atoms with Gasteiger partial charge in [-0.2, -0.15) is 9.40 Å². The van der Waals surface area contributed by atoms with Crippen LogP contribution in [0.1, 0.15) is 18.4 Å². The summed E-state index contributed by atoms with van der Waals surface area (Å²) in [5.41, 5.74) is 2.17. The topological polar surface area (TPSA) is 61.7 Å². The highest BCUT2D eigenvalue weighted by atomic mass is 32.2. The highest BCUT2D eigenvalue weighted by Gasteiger charge is 2.43. The first-order valence-corrected chi connectivity index (χ1v) is 13.1. The van der Waals surface area contributed by atoms with Crippen molar-refractivity contribution in [2.75, 3.05) is 38.1 Å². The van der Waals surface area contributed by atoms with Crippen molar-refractivity contribution >= 4 is 15.7 Å². The molecule has 7 nitrogen and oxygen atoms in total. The number of hydrogen-bond donors (Lipinski definition) is 0. The molecule has 1 aliphatic heterocycles. The van der Waals surface area contributed by atoms with Gasteiger partial charge in [-0.1, -0.05) is 0 Å². The molecular formula is C24H24F5N5O2S. The van der Waals surface area contributed by atoms with E-state index in [9.17, 15) is 30.4 Å². The highest BCUT2D eigenvalue weighted by molar-refractivity contribution is 7.89. The number of likely N-dealkylation sites (N-methyl/N-ethyl adjacent to an activating group) is 1. The standard InChI is InChI=1S/C24H24F5N5O2S/c1-31-8-10-32(11-9-31)16-2-4-17(5-3-16)33-13-15(12-30-33)14-34(18-6-7-18)37(35,36)24-22(28)20(26)19(25)21(27)23(24)29/h2-5,12-13,18H,6-11,14H2,1H3. The molecule has 2 aliphatic rings. The van der Waals surface area contributed by atoms with Crippen LogP contribution in [0.2, 0.25) is 0 Å². The van der Waals surface area contributed by atoms with E-state index in [1.165, 1.54) is 10.9 Å². The summed E-state index contributed by atoms with van der Waals surface area (Å²) in [5.74, 6) is -11.8. The van der Waals surface area contributed by atoms with E-state index >= 15 is 0 Å². The molecule has 1 saturated heterocycles. The third-order valence-corrected chi connectivity index (χ3v) is 8.57. The molecule has 0 N–H and O–H groups in total. The van der Waals surface area contributed by atoms with Crippen molar-refractivity contribution in [1.82, 2.24) is 19.0 Å². The zero-order valence-corrected chi connectivity index (χ0v) is 20.7. The third-order valence-electron chi connectivity index (χ3n) is 6.65. The van der Waals surface area contributed by atoms with E-state index in [2.05, 4.69) is 21.9 Å². The van der Waals surface area contributed by atoms with E-state index in [1.54, 1.807) is 6.20 Å². The highest BCUT2D eigenvalue weighted by Crippen LogP contribution is 2.36. The first kappa shape index (κ1) is 25.6. The second-order valence-electron chi connectivity index (χ2n) is 9.28. The first-order chi connectivity index (χ1) is 17.6. The van der Waals surface area contributed by atoms with Crippen molar-refractivity contribution in [2.45, 2.75) is 30.3 Å². The van der Waals surface area contributed by atoms with Crippen LogP contribution in [0.4, 0.5) is 27.6 Å². The Morgan fingerprint density at radius 1 is 0.865 bits per heavy atom. The number of nitrogens with zero attached hydrogens (tertiary/aromatic N) is 5. The molecule has 0 radical (unpaired) electrons. The van der Waals surface area contributed by atoms with Gasteiger partial charge in [0.1, 0.15) is 0 Å². The summed E-state index contributed by atoms with van der Waals surface area (Å²) in [5, 5.41) is 4.26. The molecule has 0 unspecified atom stereocenters. The Kier molecular flexibility index (Phi) is 6.71. The molecule has 3 aromatic rings. The Morgan fingerprint density at radius 2 is 1.41 bits per heavy atom. The van der Waals surface area contributed by atoms with E-state index in [0.29, 0.717) is 24.1 Å². The number of hydrogen-bond acceptors (Lipinski definition) is 5. The van der Waals surface area contributed by atoms with Crippen molar-refractivity contribution in [2.24, 2.45) is 0 Å². The minimum absolute atomic E-state index is 0.341. The SMILES string of the molecule is CN1CCN(c2ccc(-n3cc(CN(C4CC4)S(=O)(=O)c4c(F)c(F)c(F)c(F)c4F)cn3)cc2)CC1. The second kappa shape index (κ2) is 9.69. The van der Waals surface area contributed by atoms with Gasteiger partial charge in [0, 0.05) is 56.2 Å². The normalized spacial score (nSPS) is 17.1. The van der Waals surface area contributed by atoms with Crippen molar-refractivity contribution in [3.8, 4) is 5.69 Å². The van der Waals surface area contributed by atoms with Gasteiger partial charge in [-0.3, -0.25) is 0 Å². The summed E-state index contributed by atoms with van der Waals surface area (Å²) < 4.78 is 98.1. The molecule has 0 spiro atoms. The van der Waals surface area contributed by atoms with Gasteiger partial charge in [0.15, 0.2) is 28.2 Å². The molecule has 37 heavy (non-hydrogen) atoms. The molecule has 13 heteroatoms. The van der Waals surface area contributed by atoms with E-state index in [-0.39, 0.29) is 6.54 Å². The summed E-state index contributed by atoms with van der Waals surface area (Å²) in [6.07, 6.45) is 3.76. The van der Waals surface area contributed by atoms with Crippen molar-refractivity contribution in [3.05, 3.63) is 71.3 Å². The average Bonchev–Trinajstić information content (AvgIpc) is 3.62. The van der Waals surface area contributed by atoms with Crippen LogP contribution >= 0.6 is 0 Å². The van der Waals surface area contributed by atoms with Crippen LogP contribution in [0.15, 0.2) is 41.6 Å². The Labute approximate surface area is 210 Å². The smallest absolute Gasteiger partial charge is 0.249 e. The third kappa shape index (κ3) is 4.82. The predicted molar refractivity (Wildman–Crippen MR) is 125 cm³/mol. The van der Waals surface area contributed by atoms with Gasteiger partial charge in [-0.05, 0) is 44.2 Å². The van der Waals surface area contributed by atoms with E-state index in [4.69, 9.17) is 0 Å². The van der Waals surface area contributed by atoms with Crippen LogP contribution in [-0.2, 0) is 16.6 Å². The Hall–Kier alpha value is -3.03.